The van der Waals surface area contributed by atoms with Crippen molar-refractivity contribution < 1.29 is 0 Å². The van der Waals surface area contributed by atoms with Crippen molar-refractivity contribution in [3.63, 3.8) is 0 Å². The number of hydrogen-bond donors (Lipinski definition) is 0. The highest BCUT2D eigenvalue weighted by atomic mass is 32.1. The zero-order valence-electron chi connectivity index (χ0n) is 16.0. The van der Waals surface area contributed by atoms with Gasteiger partial charge in [0.15, 0.2) is 5.65 Å². The van der Waals surface area contributed by atoms with Crippen LogP contribution in [0.25, 0.3) is 10.3 Å². The lowest BCUT2D eigenvalue weighted by molar-refractivity contribution is 0.248. The van der Waals surface area contributed by atoms with Gasteiger partial charge in [0.05, 0.1) is 15.4 Å². The van der Waals surface area contributed by atoms with Gasteiger partial charge < -0.3 is 0 Å². The zero-order chi connectivity index (χ0) is 18.3. The fourth-order valence-electron chi connectivity index (χ4n) is 4.11. The lowest BCUT2D eigenvalue weighted by Gasteiger charge is -2.24. The van der Waals surface area contributed by atoms with Gasteiger partial charge in [-0.1, -0.05) is 0 Å². The molecule has 1 aliphatic rings. The van der Waals surface area contributed by atoms with E-state index in [4.69, 9.17) is 4.98 Å². The van der Waals surface area contributed by atoms with E-state index in [0.29, 0.717) is 12.0 Å². The SMILES string of the molecule is Cc1cc(C[C@@H]2CCN(C(C)c3ccc4sc(C)nc4n3)C2)cc(C)n1. The van der Waals surface area contributed by atoms with Crippen molar-refractivity contribution >= 4 is 21.7 Å². The van der Waals surface area contributed by atoms with E-state index in [9.17, 15) is 0 Å². The van der Waals surface area contributed by atoms with E-state index in [1.807, 2.05) is 6.92 Å². The van der Waals surface area contributed by atoms with Gasteiger partial charge in [-0.05, 0) is 82.8 Å². The van der Waals surface area contributed by atoms with Crippen molar-refractivity contribution in [1.29, 1.82) is 0 Å². The molecule has 3 aromatic heterocycles. The molecule has 0 amide bonds. The molecule has 136 valence electrons. The summed E-state index contributed by atoms with van der Waals surface area (Å²) in [7, 11) is 0. The Morgan fingerprint density at radius 1 is 1.12 bits per heavy atom. The lowest BCUT2D eigenvalue weighted by Crippen LogP contribution is -2.25. The maximum atomic E-state index is 4.82. The van der Waals surface area contributed by atoms with Crippen LogP contribution >= 0.6 is 11.3 Å². The van der Waals surface area contributed by atoms with Crippen molar-refractivity contribution in [1.82, 2.24) is 19.9 Å². The Morgan fingerprint density at radius 2 is 1.88 bits per heavy atom. The molecule has 4 rings (SSSR count). The fraction of sp³-hybridized carbons (Fsp3) is 0.476. The van der Waals surface area contributed by atoms with E-state index >= 15 is 0 Å². The summed E-state index contributed by atoms with van der Waals surface area (Å²) in [5.41, 5.74) is 5.71. The topological polar surface area (TPSA) is 41.9 Å². The molecule has 0 radical (unpaired) electrons. The molecule has 1 saturated heterocycles. The highest BCUT2D eigenvalue weighted by molar-refractivity contribution is 7.18. The summed E-state index contributed by atoms with van der Waals surface area (Å²) in [6, 6.07) is 9.16. The number of thiazole rings is 1. The Labute approximate surface area is 159 Å². The molecule has 0 aromatic carbocycles. The van der Waals surface area contributed by atoms with Gasteiger partial charge in [0.25, 0.3) is 0 Å². The maximum absolute atomic E-state index is 4.82. The fourth-order valence-corrected chi connectivity index (χ4v) is 4.88. The second-order valence-corrected chi connectivity index (χ2v) is 8.81. The molecule has 1 aliphatic heterocycles. The lowest BCUT2D eigenvalue weighted by atomic mass is 9.98. The third-order valence-electron chi connectivity index (χ3n) is 5.34. The Morgan fingerprint density at radius 3 is 2.65 bits per heavy atom. The minimum Gasteiger partial charge on any atom is -0.295 e. The molecular formula is C21H26N4S. The van der Waals surface area contributed by atoms with Crippen molar-refractivity contribution in [2.75, 3.05) is 13.1 Å². The smallest absolute Gasteiger partial charge is 0.170 e. The van der Waals surface area contributed by atoms with E-state index in [1.165, 1.54) is 16.7 Å². The second-order valence-electron chi connectivity index (χ2n) is 7.58. The first-order valence-corrected chi connectivity index (χ1v) is 10.2. The quantitative estimate of drug-likeness (QED) is 0.675. The van der Waals surface area contributed by atoms with E-state index < -0.39 is 0 Å². The molecule has 1 fully saturated rings. The monoisotopic (exact) mass is 366 g/mol. The average molecular weight is 367 g/mol. The van der Waals surface area contributed by atoms with Gasteiger partial charge in [0.2, 0.25) is 0 Å². The van der Waals surface area contributed by atoms with Gasteiger partial charge in [-0.2, -0.15) is 0 Å². The van der Waals surface area contributed by atoms with Gasteiger partial charge >= 0.3 is 0 Å². The number of nitrogens with zero attached hydrogens (tertiary/aromatic N) is 4. The van der Waals surface area contributed by atoms with Crippen LogP contribution in [0.3, 0.4) is 0 Å². The predicted molar refractivity (Wildman–Crippen MR) is 108 cm³/mol. The molecular weight excluding hydrogens is 340 g/mol. The molecule has 0 aliphatic carbocycles. The summed E-state index contributed by atoms with van der Waals surface area (Å²) in [5, 5.41) is 1.08. The van der Waals surface area contributed by atoms with Crippen LogP contribution in [0.5, 0.6) is 0 Å². The molecule has 0 N–H and O–H groups in total. The molecule has 0 spiro atoms. The third kappa shape index (κ3) is 3.64. The van der Waals surface area contributed by atoms with Gasteiger partial charge in [-0.15, -0.1) is 11.3 Å². The van der Waals surface area contributed by atoms with Gasteiger partial charge in [-0.3, -0.25) is 9.88 Å². The Bertz CT molecular complexity index is 913. The maximum Gasteiger partial charge on any atom is 0.170 e. The van der Waals surface area contributed by atoms with Crippen LogP contribution in [0, 0.1) is 26.7 Å². The van der Waals surface area contributed by atoms with Gasteiger partial charge in [0, 0.05) is 24.0 Å². The standard InChI is InChI=1S/C21H26N4S/c1-13-9-18(10-14(2)22-13)11-17-7-8-25(12-17)15(3)19-5-6-20-21(24-19)23-16(4)26-20/h5-6,9-10,15,17H,7-8,11-12H2,1-4H3/t15?,17-/m0/s1. The number of pyridine rings is 2. The summed E-state index contributed by atoms with van der Waals surface area (Å²) in [5.74, 6) is 0.712. The number of likely N-dealkylation sites (tertiary alicyclic amines) is 1. The van der Waals surface area contributed by atoms with Crippen LogP contribution in [-0.4, -0.2) is 32.9 Å². The number of fused-ring (bicyclic) bond motifs is 1. The molecule has 2 atom stereocenters. The van der Waals surface area contributed by atoms with Crippen molar-refractivity contribution in [2.24, 2.45) is 5.92 Å². The number of aryl methyl sites for hydroxylation is 3. The van der Waals surface area contributed by atoms with Gasteiger partial charge in [0.1, 0.15) is 0 Å². The summed E-state index contributed by atoms with van der Waals surface area (Å²) in [6.45, 7) is 10.8. The van der Waals surface area contributed by atoms with Crippen LogP contribution < -0.4 is 0 Å². The van der Waals surface area contributed by atoms with E-state index in [2.05, 4.69) is 59.9 Å². The minimum atomic E-state index is 0.340. The number of aromatic nitrogens is 3. The summed E-state index contributed by atoms with van der Waals surface area (Å²) in [4.78, 5) is 16.4. The minimum absolute atomic E-state index is 0.340. The first-order chi connectivity index (χ1) is 12.5. The molecule has 3 aromatic rings. The third-order valence-corrected chi connectivity index (χ3v) is 6.27. The Hall–Kier alpha value is -1.85. The number of hydrogen-bond acceptors (Lipinski definition) is 5. The Balaban J connectivity index is 1.45. The first-order valence-electron chi connectivity index (χ1n) is 9.40. The van der Waals surface area contributed by atoms with Crippen LogP contribution in [-0.2, 0) is 6.42 Å². The van der Waals surface area contributed by atoms with Crippen LogP contribution in [0.4, 0.5) is 0 Å². The van der Waals surface area contributed by atoms with Crippen LogP contribution in [0.1, 0.15) is 47.0 Å². The normalized spacial score (nSPS) is 19.3. The molecule has 0 bridgehead atoms. The van der Waals surface area contributed by atoms with Crippen molar-refractivity contribution in [2.45, 2.75) is 46.6 Å². The van der Waals surface area contributed by atoms with Crippen LogP contribution in [0.15, 0.2) is 24.3 Å². The summed E-state index contributed by atoms with van der Waals surface area (Å²) in [6.07, 6.45) is 2.40. The first kappa shape index (κ1) is 17.6. The second kappa shape index (κ2) is 7.05. The summed E-state index contributed by atoms with van der Waals surface area (Å²) < 4.78 is 1.18. The highest BCUT2D eigenvalue weighted by Crippen LogP contribution is 2.30. The number of rotatable bonds is 4. The molecule has 0 saturated carbocycles. The summed E-state index contributed by atoms with van der Waals surface area (Å²) >= 11 is 1.72. The Kier molecular flexibility index (Phi) is 4.76. The largest absolute Gasteiger partial charge is 0.295 e. The highest BCUT2D eigenvalue weighted by Gasteiger charge is 2.27. The van der Waals surface area contributed by atoms with Crippen LogP contribution in [0.2, 0.25) is 0 Å². The predicted octanol–water partition coefficient (Wildman–Crippen LogP) is 4.64. The van der Waals surface area contributed by atoms with Crippen molar-refractivity contribution in [3.8, 4) is 0 Å². The molecule has 5 heteroatoms. The average Bonchev–Trinajstić information content (AvgIpc) is 3.17. The van der Waals surface area contributed by atoms with E-state index in [-0.39, 0.29) is 0 Å². The molecule has 26 heavy (non-hydrogen) atoms. The van der Waals surface area contributed by atoms with E-state index in [1.54, 1.807) is 11.3 Å². The zero-order valence-corrected chi connectivity index (χ0v) is 16.8. The van der Waals surface area contributed by atoms with Crippen molar-refractivity contribution in [3.05, 3.63) is 51.9 Å². The molecule has 4 nitrogen and oxygen atoms in total. The molecule has 4 heterocycles. The molecule has 1 unspecified atom stereocenters. The van der Waals surface area contributed by atoms with E-state index in [0.717, 1.165) is 47.2 Å². The van der Waals surface area contributed by atoms with Gasteiger partial charge in [-0.25, -0.2) is 9.97 Å².